The molecule has 0 aliphatic carbocycles. The van der Waals surface area contributed by atoms with Gasteiger partial charge in [0.1, 0.15) is 11.9 Å². The molecule has 0 aliphatic heterocycles. The lowest BCUT2D eigenvalue weighted by atomic mass is 10.2. The molecule has 0 bridgehead atoms. The van der Waals surface area contributed by atoms with Gasteiger partial charge < -0.3 is 14.4 Å². The van der Waals surface area contributed by atoms with Crippen molar-refractivity contribution in [1.82, 2.24) is 9.55 Å². The van der Waals surface area contributed by atoms with Crippen LogP contribution < -0.4 is 0 Å². The molecule has 0 aliphatic rings. The smallest absolute Gasteiger partial charge is 0.385 e. The van der Waals surface area contributed by atoms with Crippen LogP contribution in [0.3, 0.4) is 0 Å². The largest absolute Gasteiger partial charge is 0.416 e. The number of ether oxygens (including phenoxy) is 1. The zero-order valence-electron chi connectivity index (χ0n) is 11.1. The summed E-state index contributed by atoms with van der Waals surface area (Å²) in [5, 5.41) is 9.69. The van der Waals surface area contributed by atoms with Gasteiger partial charge in [-0.05, 0) is 25.1 Å². The Morgan fingerprint density at radius 2 is 2.10 bits per heavy atom. The summed E-state index contributed by atoms with van der Waals surface area (Å²) < 4.78 is 44.7. The van der Waals surface area contributed by atoms with Crippen molar-refractivity contribution < 1.29 is 23.0 Å². The first-order valence-electron chi connectivity index (χ1n) is 6.09. The number of fused-ring (bicyclic) bond motifs is 1. The standard InChI is InChI=1S/C13H15F3N2O2/c1-8(19)12-17-10-7-9(13(14,15)16)3-4-11(10)18(12)5-6-20-2/h3-4,7-8,19H,5-6H2,1-2H3. The van der Waals surface area contributed by atoms with Gasteiger partial charge in [0.2, 0.25) is 0 Å². The van der Waals surface area contributed by atoms with E-state index in [9.17, 15) is 18.3 Å². The summed E-state index contributed by atoms with van der Waals surface area (Å²) in [6, 6.07) is 3.37. The Morgan fingerprint density at radius 1 is 1.40 bits per heavy atom. The highest BCUT2D eigenvalue weighted by atomic mass is 19.4. The predicted molar refractivity (Wildman–Crippen MR) is 67.2 cm³/mol. The number of nitrogens with zero attached hydrogens (tertiary/aromatic N) is 2. The van der Waals surface area contributed by atoms with Crippen LogP contribution in [-0.4, -0.2) is 28.4 Å². The van der Waals surface area contributed by atoms with Crippen LogP contribution in [-0.2, 0) is 17.5 Å². The SMILES string of the molecule is COCCn1c(C(C)O)nc2cc(C(F)(F)F)ccc21. The molecule has 0 radical (unpaired) electrons. The van der Waals surface area contributed by atoms with Crippen LogP contribution in [0, 0.1) is 0 Å². The van der Waals surface area contributed by atoms with Gasteiger partial charge in [-0.1, -0.05) is 0 Å². The average molecular weight is 288 g/mol. The van der Waals surface area contributed by atoms with Gasteiger partial charge in [-0.3, -0.25) is 0 Å². The minimum Gasteiger partial charge on any atom is -0.385 e. The van der Waals surface area contributed by atoms with Gasteiger partial charge >= 0.3 is 6.18 Å². The molecule has 20 heavy (non-hydrogen) atoms. The van der Waals surface area contributed by atoms with Crippen molar-refractivity contribution in [1.29, 1.82) is 0 Å². The van der Waals surface area contributed by atoms with Crippen molar-refractivity contribution in [3.8, 4) is 0 Å². The minimum atomic E-state index is -4.41. The lowest BCUT2D eigenvalue weighted by molar-refractivity contribution is -0.137. The highest BCUT2D eigenvalue weighted by molar-refractivity contribution is 5.77. The maximum absolute atomic E-state index is 12.7. The molecule has 0 saturated heterocycles. The first-order valence-corrected chi connectivity index (χ1v) is 6.09. The Bertz CT molecular complexity index is 605. The second kappa shape index (κ2) is 5.41. The fourth-order valence-corrected chi connectivity index (χ4v) is 2.06. The molecule has 1 heterocycles. The summed E-state index contributed by atoms with van der Waals surface area (Å²) in [5.74, 6) is 0.330. The lowest BCUT2D eigenvalue weighted by Gasteiger charge is -2.10. The highest BCUT2D eigenvalue weighted by Gasteiger charge is 2.31. The first kappa shape index (κ1) is 14.8. The van der Waals surface area contributed by atoms with E-state index in [1.54, 1.807) is 4.57 Å². The number of rotatable bonds is 4. The molecule has 7 heteroatoms. The molecule has 1 atom stereocenters. The van der Waals surface area contributed by atoms with Gasteiger partial charge in [0, 0.05) is 13.7 Å². The quantitative estimate of drug-likeness (QED) is 0.941. The zero-order valence-corrected chi connectivity index (χ0v) is 11.1. The summed E-state index contributed by atoms with van der Waals surface area (Å²) in [6.07, 6.45) is -5.27. The molecule has 2 rings (SSSR count). The van der Waals surface area contributed by atoms with Crippen LogP contribution in [0.5, 0.6) is 0 Å². The second-order valence-electron chi connectivity index (χ2n) is 4.49. The monoisotopic (exact) mass is 288 g/mol. The Hall–Kier alpha value is -1.60. The van der Waals surface area contributed by atoms with E-state index in [1.165, 1.54) is 20.1 Å². The van der Waals surface area contributed by atoms with Crippen LogP contribution in [0.2, 0.25) is 0 Å². The van der Waals surface area contributed by atoms with E-state index >= 15 is 0 Å². The van der Waals surface area contributed by atoms with Crippen LogP contribution in [0.15, 0.2) is 18.2 Å². The van der Waals surface area contributed by atoms with Gasteiger partial charge in [-0.15, -0.1) is 0 Å². The van der Waals surface area contributed by atoms with Crippen LogP contribution >= 0.6 is 0 Å². The molecule has 4 nitrogen and oxygen atoms in total. The summed E-state index contributed by atoms with van der Waals surface area (Å²) in [4.78, 5) is 4.10. The van der Waals surface area contributed by atoms with E-state index < -0.39 is 17.8 Å². The number of hydrogen-bond donors (Lipinski definition) is 1. The minimum absolute atomic E-state index is 0.215. The fraction of sp³-hybridized carbons (Fsp3) is 0.462. The molecule has 0 spiro atoms. The Morgan fingerprint density at radius 3 is 2.65 bits per heavy atom. The van der Waals surface area contributed by atoms with Crippen molar-refractivity contribution in [3.63, 3.8) is 0 Å². The van der Waals surface area contributed by atoms with Crippen LogP contribution in [0.4, 0.5) is 13.2 Å². The zero-order chi connectivity index (χ0) is 14.9. The molecule has 1 unspecified atom stereocenters. The summed E-state index contributed by atoms with van der Waals surface area (Å²) in [6.45, 7) is 2.32. The molecule has 1 aromatic carbocycles. The number of alkyl halides is 3. The molecule has 0 fully saturated rings. The van der Waals surface area contributed by atoms with E-state index in [0.29, 0.717) is 24.5 Å². The van der Waals surface area contributed by atoms with Crippen molar-refractivity contribution in [3.05, 3.63) is 29.6 Å². The Kier molecular flexibility index (Phi) is 4.01. The number of imidazole rings is 1. The molecule has 1 aromatic heterocycles. The topological polar surface area (TPSA) is 47.3 Å². The maximum Gasteiger partial charge on any atom is 0.416 e. The molecular formula is C13H15F3N2O2. The number of hydrogen-bond acceptors (Lipinski definition) is 3. The molecule has 0 amide bonds. The number of benzene rings is 1. The molecule has 1 N–H and O–H groups in total. The summed E-state index contributed by atoms with van der Waals surface area (Å²) >= 11 is 0. The van der Waals surface area contributed by atoms with Gasteiger partial charge in [-0.2, -0.15) is 13.2 Å². The second-order valence-corrected chi connectivity index (χ2v) is 4.49. The molecule has 0 saturated carbocycles. The molecular weight excluding hydrogens is 273 g/mol. The normalized spacial score (nSPS) is 13.9. The average Bonchev–Trinajstić information content (AvgIpc) is 2.73. The lowest BCUT2D eigenvalue weighted by Crippen LogP contribution is -2.10. The van der Waals surface area contributed by atoms with Crippen LogP contribution in [0.1, 0.15) is 24.4 Å². The number of methoxy groups -OCH3 is 1. The third-order valence-electron chi connectivity index (χ3n) is 3.00. The third kappa shape index (κ3) is 2.78. The van der Waals surface area contributed by atoms with Crippen molar-refractivity contribution in [2.75, 3.05) is 13.7 Å². The van der Waals surface area contributed by atoms with Gasteiger partial charge in [0.25, 0.3) is 0 Å². The Balaban J connectivity index is 2.55. The number of halogens is 3. The van der Waals surface area contributed by atoms with E-state index in [4.69, 9.17) is 4.74 Å². The molecule has 110 valence electrons. The van der Waals surface area contributed by atoms with E-state index in [2.05, 4.69) is 4.98 Å². The number of aliphatic hydroxyl groups is 1. The summed E-state index contributed by atoms with van der Waals surface area (Å²) in [5.41, 5.74) is 0.0105. The summed E-state index contributed by atoms with van der Waals surface area (Å²) in [7, 11) is 1.53. The molecule has 2 aromatic rings. The third-order valence-corrected chi connectivity index (χ3v) is 3.00. The van der Waals surface area contributed by atoms with Gasteiger partial charge in [0.15, 0.2) is 0 Å². The maximum atomic E-state index is 12.7. The van der Waals surface area contributed by atoms with Crippen molar-refractivity contribution in [2.24, 2.45) is 0 Å². The van der Waals surface area contributed by atoms with E-state index in [1.807, 2.05) is 0 Å². The van der Waals surface area contributed by atoms with Crippen molar-refractivity contribution >= 4 is 11.0 Å². The highest BCUT2D eigenvalue weighted by Crippen LogP contribution is 2.32. The van der Waals surface area contributed by atoms with Gasteiger partial charge in [0.05, 0.1) is 23.2 Å². The fourth-order valence-electron chi connectivity index (χ4n) is 2.06. The van der Waals surface area contributed by atoms with E-state index in [-0.39, 0.29) is 5.52 Å². The van der Waals surface area contributed by atoms with E-state index in [0.717, 1.165) is 12.1 Å². The first-order chi connectivity index (χ1) is 9.34. The van der Waals surface area contributed by atoms with Crippen LogP contribution in [0.25, 0.3) is 11.0 Å². The Labute approximate surface area is 113 Å². The predicted octanol–water partition coefficient (Wildman–Crippen LogP) is 2.75. The number of aromatic nitrogens is 2. The number of aliphatic hydroxyl groups excluding tert-OH is 1. The van der Waals surface area contributed by atoms with Gasteiger partial charge in [-0.25, -0.2) is 4.98 Å². The van der Waals surface area contributed by atoms with Crippen molar-refractivity contribution in [2.45, 2.75) is 25.7 Å².